The first-order valence-corrected chi connectivity index (χ1v) is 12.8. The first-order chi connectivity index (χ1) is 16.6. The van der Waals surface area contributed by atoms with Crippen LogP contribution in [0.2, 0.25) is 5.02 Å². The Morgan fingerprint density at radius 3 is 2.40 bits per heavy atom. The zero-order valence-corrected chi connectivity index (χ0v) is 23.8. The van der Waals surface area contributed by atoms with Gasteiger partial charge in [-0.05, 0) is 70.0 Å². The van der Waals surface area contributed by atoms with E-state index in [1.165, 1.54) is 23.0 Å². The SMILES string of the molecule is CCN(C(=O)O)N(CC)C(=O)c1cc(Br)cc(Br)c1NC(=O)c1cc(Br)nn1-c1ncccc1Cl. The molecule has 0 bridgehead atoms. The van der Waals surface area contributed by atoms with E-state index in [4.69, 9.17) is 11.6 Å². The Labute approximate surface area is 230 Å². The number of nitrogens with one attached hydrogen (secondary N) is 1. The number of benzene rings is 1. The molecule has 10 nitrogen and oxygen atoms in total. The summed E-state index contributed by atoms with van der Waals surface area (Å²) in [6.45, 7) is 3.42. The number of anilines is 1. The van der Waals surface area contributed by atoms with Crippen LogP contribution in [0.1, 0.15) is 34.7 Å². The van der Waals surface area contributed by atoms with Crippen LogP contribution in [-0.2, 0) is 0 Å². The Balaban J connectivity index is 2.06. The minimum atomic E-state index is -1.27. The molecule has 0 spiro atoms. The van der Waals surface area contributed by atoms with Crippen LogP contribution in [0.15, 0.2) is 50.1 Å². The van der Waals surface area contributed by atoms with Crippen molar-refractivity contribution in [1.82, 2.24) is 24.8 Å². The smallest absolute Gasteiger partial charge is 0.426 e. The van der Waals surface area contributed by atoms with Crippen molar-refractivity contribution in [2.24, 2.45) is 0 Å². The van der Waals surface area contributed by atoms with Gasteiger partial charge in [-0.25, -0.2) is 24.5 Å². The summed E-state index contributed by atoms with van der Waals surface area (Å²) in [6.07, 6.45) is 0.241. The van der Waals surface area contributed by atoms with Crippen LogP contribution in [0.5, 0.6) is 0 Å². The second-order valence-corrected chi connectivity index (χ2v) is 9.85. The molecule has 0 unspecified atom stereocenters. The van der Waals surface area contributed by atoms with Gasteiger partial charge in [-0.3, -0.25) is 9.59 Å². The second kappa shape index (κ2) is 11.5. The van der Waals surface area contributed by atoms with Gasteiger partial charge in [0.1, 0.15) is 10.3 Å². The quantitative estimate of drug-likeness (QED) is 0.314. The molecule has 0 fully saturated rings. The molecule has 1 aromatic carbocycles. The number of halogens is 4. The molecule has 14 heteroatoms. The van der Waals surface area contributed by atoms with Gasteiger partial charge < -0.3 is 10.4 Å². The first-order valence-electron chi connectivity index (χ1n) is 10.1. The Kier molecular flexibility index (Phi) is 8.91. The van der Waals surface area contributed by atoms with Crippen LogP contribution in [0.3, 0.4) is 0 Å². The predicted octanol–water partition coefficient (Wildman–Crippen LogP) is 5.84. The lowest BCUT2D eigenvalue weighted by molar-refractivity contribution is 0.00372. The van der Waals surface area contributed by atoms with E-state index in [2.05, 4.69) is 63.2 Å². The number of pyridine rings is 1. The molecule has 2 heterocycles. The third-order valence-corrected chi connectivity index (χ3v) is 6.49. The van der Waals surface area contributed by atoms with Gasteiger partial charge in [0.25, 0.3) is 11.8 Å². The van der Waals surface area contributed by atoms with Crippen molar-refractivity contribution in [3.8, 4) is 5.82 Å². The van der Waals surface area contributed by atoms with E-state index in [9.17, 15) is 19.5 Å². The third-order valence-electron chi connectivity index (χ3n) is 4.72. The molecular weight excluding hydrogens is 675 g/mol. The van der Waals surface area contributed by atoms with Crippen molar-refractivity contribution in [3.63, 3.8) is 0 Å². The highest BCUT2D eigenvalue weighted by molar-refractivity contribution is 9.11. The average Bonchev–Trinajstić information content (AvgIpc) is 3.19. The monoisotopic (exact) mass is 690 g/mol. The molecule has 3 rings (SSSR count). The van der Waals surface area contributed by atoms with Gasteiger partial charge in [0.05, 0.1) is 16.3 Å². The number of hydrazine groups is 1. The molecule has 2 N–H and O–H groups in total. The Bertz CT molecular complexity index is 1300. The predicted molar refractivity (Wildman–Crippen MR) is 141 cm³/mol. The molecule has 0 aliphatic heterocycles. The number of rotatable bonds is 6. The maximum absolute atomic E-state index is 13.4. The van der Waals surface area contributed by atoms with E-state index in [1.54, 1.807) is 32.0 Å². The highest BCUT2D eigenvalue weighted by Gasteiger charge is 2.29. The molecule has 35 heavy (non-hydrogen) atoms. The van der Waals surface area contributed by atoms with Crippen LogP contribution in [-0.4, -0.2) is 60.9 Å². The molecular formula is C21H18Br3ClN6O4. The van der Waals surface area contributed by atoms with Crippen molar-refractivity contribution < 1.29 is 19.5 Å². The first kappa shape index (κ1) is 27.1. The van der Waals surface area contributed by atoms with Crippen LogP contribution >= 0.6 is 59.4 Å². The maximum Gasteiger partial charge on any atom is 0.426 e. The largest absolute Gasteiger partial charge is 0.464 e. The number of carboxylic acid groups (broad SMARTS) is 1. The topological polar surface area (TPSA) is 121 Å². The number of hydrogen-bond donors (Lipinski definition) is 2. The number of amides is 3. The zero-order chi connectivity index (χ0) is 25.9. The number of hydrogen-bond acceptors (Lipinski definition) is 5. The number of aromatic nitrogens is 3. The van der Waals surface area contributed by atoms with Gasteiger partial charge in [0.15, 0.2) is 5.82 Å². The fourth-order valence-electron chi connectivity index (χ4n) is 3.23. The van der Waals surface area contributed by atoms with Gasteiger partial charge in [-0.2, -0.15) is 5.10 Å². The van der Waals surface area contributed by atoms with Gasteiger partial charge in [-0.15, -0.1) is 0 Å². The Morgan fingerprint density at radius 1 is 1.11 bits per heavy atom. The normalized spacial score (nSPS) is 10.7. The van der Waals surface area contributed by atoms with E-state index in [1.807, 2.05) is 0 Å². The van der Waals surface area contributed by atoms with Crippen LogP contribution in [0.4, 0.5) is 10.5 Å². The molecule has 0 atom stereocenters. The maximum atomic E-state index is 13.4. The minimum absolute atomic E-state index is 0.0594. The fourth-order valence-corrected chi connectivity index (χ4v) is 5.13. The molecule has 184 valence electrons. The summed E-state index contributed by atoms with van der Waals surface area (Å²) >= 11 is 16.3. The third kappa shape index (κ3) is 5.85. The highest BCUT2D eigenvalue weighted by atomic mass is 79.9. The van der Waals surface area contributed by atoms with Crippen LogP contribution in [0, 0.1) is 0 Å². The molecule has 0 saturated heterocycles. The number of carbonyl (C=O) groups excluding carboxylic acids is 2. The molecule has 0 saturated carbocycles. The average molecular weight is 694 g/mol. The lowest BCUT2D eigenvalue weighted by Crippen LogP contribution is -2.49. The van der Waals surface area contributed by atoms with Crippen molar-refractivity contribution in [2.45, 2.75) is 13.8 Å². The summed E-state index contributed by atoms with van der Waals surface area (Å²) in [5.74, 6) is -0.972. The van der Waals surface area contributed by atoms with E-state index >= 15 is 0 Å². The summed E-state index contributed by atoms with van der Waals surface area (Å²) in [7, 11) is 0. The van der Waals surface area contributed by atoms with Crippen molar-refractivity contribution >= 4 is 83.0 Å². The molecule has 2 aromatic heterocycles. The summed E-state index contributed by atoms with van der Waals surface area (Å²) < 4.78 is 2.59. The second-order valence-electron chi connectivity index (χ2n) is 6.86. The van der Waals surface area contributed by atoms with Crippen molar-refractivity contribution in [1.29, 1.82) is 0 Å². The molecule has 0 radical (unpaired) electrons. The molecule has 0 aliphatic carbocycles. The van der Waals surface area contributed by atoms with Crippen LogP contribution < -0.4 is 5.32 Å². The Hall–Kier alpha value is -2.48. The zero-order valence-electron chi connectivity index (χ0n) is 18.3. The molecule has 3 aromatic rings. The highest BCUT2D eigenvalue weighted by Crippen LogP contribution is 2.33. The standard InChI is InChI=1S/C21H18Br3ClN6O4/c1-3-29(30(4-2)21(34)35)20(33)12-8-11(22)9-13(23)17(12)27-19(32)15-10-16(24)28-31(15)18-14(25)6-5-7-26-18/h5-10H,3-4H2,1-2H3,(H,27,32)(H,34,35). The van der Waals surface area contributed by atoms with Gasteiger partial charge in [-0.1, -0.05) is 27.5 Å². The molecule has 3 amide bonds. The van der Waals surface area contributed by atoms with Crippen molar-refractivity contribution in [2.75, 3.05) is 18.4 Å². The van der Waals surface area contributed by atoms with Gasteiger partial charge in [0, 0.05) is 34.3 Å². The lowest BCUT2D eigenvalue weighted by Gasteiger charge is -2.31. The van der Waals surface area contributed by atoms with E-state index in [-0.39, 0.29) is 40.9 Å². The number of carbonyl (C=O) groups is 3. The van der Waals surface area contributed by atoms with E-state index in [0.717, 1.165) is 10.0 Å². The summed E-state index contributed by atoms with van der Waals surface area (Å²) in [4.78, 5) is 42.7. The summed E-state index contributed by atoms with van der Waals surface area (Å²) in [5, 5.41) is 18.8. The van der Waals surface area contributed by atoms with Crippen LogP contribution in [0.25, 0.3) is 5.82 Å². The van der Waals surface area contributed by atoms with E-state index < -0.39 is 17.9 Å². The lowest BCUT2D eigenvalue weighted by atomic mass is 10.1. The minimum Gasteiger partial charge on any atom is -0.464 e. The summed E-state index contributed by atoms with van der Waals surface area (Å²) in [6, 6.07) is 7.90. The van der Waals surface area contributed by atoms with Gasteiger partial charge >= 0.3 is 6.09 Å². The Morgan fingerprint density at radius 2 is 1.80 bits per heavy atom. The fraction of sp³-hybridized carbons (Fsp3) is 0.190. The van der Waals surface area contributed by atoms with Crippen molar-refractivity contribution in [3.05, 3.63) is 66.4 Å². The molecule has 0 aliphatic rings. The number of nitrogens with zero attached hydrogens (tertiary/aromatic N) is 5. The van der Waals surface area contributed by atoms with Gasteiger partial charge in [0.2, 0.25) is 0 Å². The summed E-state index contributed by atoms with van der Waals surface area (Å²) in [5.41, 5.74) is 0.319. The van der Waals surface area contributed by atoms with E-state index in [0.29, 0.717) is 13.5 Å².